The van der Waals surface area contributed by atoms with Crippen molar-refractivity contribution in [2.45, 2.75) is 33.2 Å². The summed E-state index contributed by atoms with van der Waals surface area (Å²) in [6, 6.07) is 5.93. The molecule has 25 heavy (non-hydrogen) atoms. The molecule has 0 spiro atoms. The first-order chi connectivity index (χ1) is 12.3. The van der Waals surface area contributed by atoms with Crippen LogP contribution in [0.2, 0.25) is 0 Å². The normalized spacial score (nSPS) is 13.1. The van der Waals surface area contributed by atoms with Crippen molar-refractivity contribution in [3.05, 3.63) is 39.8 Å². The maximum absolute atomic E-state index is 5.41. The van der Waals surface area contributed by atoms with Crippen molar-refractivity contribution in [2.24, 2.45) is 4.99 Å². The SMILES string of the molecule is CCNC(=NCc1ccc2c(c1)OCO2)NCCc1csc(CC)n1. The van der Waals surface area contributed by atoms with Crippen LogP contribution in [0.15, 0.2) is 28.6 Å². The number of aryl methyl sites for hydroxylation is 1. The molecule has 0 saturated carbocycles. The minimum Gasteiger partial charge on any atom is -0.454 e. The molecule has 3 rings (SSSR count). The Morgan fingerprint density at radius 3 is 2.92 bits per heavy atom. The summed E-state index contributed by atoms with van der Waals surface area (Å²) in [5.74, 6) is 2.40. The van der Waals surface area contributed by atoms with E-state index in [0.717, 1.165) is 54.6 Å². The smallest absolute Gasteiger partial charge is 0.231 e. The average molecular weight is 360 g/mol. The summed E-state index contributed by atoms with van der Waals surface area (Å²) in [7, 11) is 0. The molecule has 0 fully saturated rings. The molecule has 2 aromatic rings. The number of nitrogens with zero attached hydrogens (tertiary/aromatic N) is 2. The Morgan fingerprint density at radius 1 is 1.24 bits per heavy atom. The molecule has 0 atom stereocenters. The molecule has 6 nitrogen and oxygen atoms in total. The van der Waals surface area contributed by atoms with Crippen molar-refractivity contribution in [3.8, 4) is 11.5 Å². The van der Waals surface area contributed by atoms with Gasteiger partial charge in [0.15, 0.2) is 17.5 Å². The predicted octanol–water partition coefficient (Wildman–Crippen LogP) is 2.73. The van der Waals surface area contributed by atoms with Gasteiger partial charge in [0, 0.05) is 24.9 Å². The Balaban J connectivity index is 1.53. The van der Waals surface area contributed by atoms with E-state index in [0.29, 0.717) is 13.3 Å². The number of benzene rings is 1. The summed E-state index contributed by atoms with van der Waals surface area (Å²) in [6.07, 6.45) is 1.89. The number of aliphatic imine (C=N–C) groups is 1. The minimum absolute atomic E-state index is 0.294. The lowest BCUT2D eigenvalue weighted by Gasteiger charge is -2.10. The van der Waals surface area contributed by atoms with Crippen LogP contribution in [0.3, 0.4) is 0 Å². The Hall–Kier alpha value is -2.28. The highest BCUT2D eigenvalue weighted by Gasteiger charge is 2.12. The van der Waals surface area contributed by atoms with Gasteiger partial charge in [0.2, 0.25) is 6.79 Å². The van der Waals surface area contributed by atoms with E-state index in [2.05, 4.69) is 39.8 Å². The summed E-state index contributed by atoms with van der Waals surface area (Å²) < 4.78 is 10.7. The highest BCUT2D eigenvalue weighted by atomic mass is 32.1. The second-order valence-corrected chi connectivity index (χ2v) is 6.59. The molecular formula is C18H24N4O2S. The van der Waals surface area contributed by atoms with Crippen LogP contribution in [-0.2, 0) is 19.4 Å². The molecular weight excluding hydrogens is 336 g/mol. The zero-order valence-corrected chi connectivity index (χ0v) is 15.5. The van der Waals surface area contributed by atoms with Crippen LogP contribution in [-0.4, -0.2) is 30.8 Å². The van der Waals surface area contributed by atoms with Crippen LogP contribution in [0.5, 0.6) is 11.5 Å². The molecule has 1 aromatic heterocycles. The summed E-state index contributed by atoms with van der Waals surface area (Å²) in [4.78, 5) is 9.23. The van der Waals surface area contributed by atoms with Gasteiger partial charge in [-0.3, -0.25) is 0 Å². The van der Waals surface area contributed by atoms with E-state index in [9.17, 15) is 0 Å². The molecule has 7 heteroatoms. The molecule has 2 heterocycles. The van der Waals surface area contributed by atoms with Crippen molar-refractivity contribution >= 4 is 17.3 Å². The highest BCUT2D eigenvalue weighted by Crippen LogP contribution is 2.32. The van der Waals surface area contributed by atoms with Crippen LogP contribution < -0.4 is 20.1 Å². The number of thiazole rings is 1. The van der Waals surface area contributed by atoms with Gasteiger partial charge in [0.1, 0.15) is 0 Å². The molecule has 0 saturated heterocycles. The van der Waals surface area contributed by atoms with Crippen molar-refractivity contribution in [1.29, 1.82) is 0 Å². The van der Waals surface area contributed by atoms with E-state index in [1.165, 1.54) is 5.01 Å². The minimum atomic E-state index is 0.294. The van der Waals surface area contributed by atoms with E-state index in [1.807, 2.05) is 18.2 Å². The van der Waals surface area contributed by atoms with Crippen molar-refractivity contribution in [2.75, 3.05) is 19.9 Å². The van der Waals surface area contributed by atoms with Gasteiger partial charge in [-0.25, -0.2) is 9.98 Å². The molecule has 0 aliphatic carbocycles. The van der Waals surface area contributed by atoms with Crippen LogP contribution in [0, 0.1) is 0 Å². The van der Waals surface area contributed by atoms with E-state index >= 15 is 0 Å². The van der Waals surface area contributed by atoms with Gasteiger partial charge < -0.3 is 20.1 Å². The maximum Gasteiger partial charge on any atom is 0.231 e. The maximum atomic E-state index is 5.41. The number of aromatic nitrogens is 1. The largest absolute Gasteiger partial charge is 0.454 e. The molecule has 0 amide bonds. The third kappa shape index (κ3) is 4.85. The lowest BCUT2D eigenvalue weighted by molar-refractivity contribution is 0.174. The third-order valence-electron chi connectivity index (χ3n) is 3.78. The molecule has 2 N–H and O–H groups in total. The molecule has 1 aromatic carbocycles. The van der Waals surface area contributed by atoms with E-state index < -0.39 is 0 Å². The van der Waals surface area contributed by atoms with Gasteiger partial charge in [0.05, 0.1) is 17.2 Å². The van der Waals surface area contributed by atoms with Gasteiger partial charge in [-0.2, -0.15) is 0 Å². The molecule has 134 valence electrons. The summed E-state index contributed by atoms with van der Waals surface area (Å²) in [5, 5.41) is 9.97. The van der Waals surface area contributed by atoms with Crippen LogP contribution in [0.25, 0.3) is 0 Å². The zero-order valence-electron chi connectivity index (χ0n) is 14.7. The number of guanidine groups is 1. The lowest BCUT2D eigenvalue weighted by atomic mass is 10.2. The van der Waals surface area contributed by atoms with Crippen molar-refractivity contribution in [3.63, 3.8) is 0 Å². The third-order valence-corrected chi connectivity index (χ3v) is 4.82. The molecule has 1 aliphatic heterocycles. The lowest BCUT2D eigenvalue weighted by Crippen LogP contribution is -2.38. The monoisotopic (exact) mass is 360 g/mol. The van der Waals surface area contributed by atoms with Crippen LogP contribution >= 0.6 is 11.3 Å². The van der Waals surface area contributed by atoms with Gasteiger partial charge >= 0.3 is 0 Å². The zero-order chi connectivity index (χ0) is 17.5. The molecule has 0 unspecified atom stereocenters. The summed E-state index contributed by atoms with van der Waals surface area (Å²) in [6.45, 7) is 6.70. The number of hydrogen-bond acceptors (Lipinski definition) is 5. The number of nitrogens with one attached hydrogen (secondary N) is 2. The predicted molar refractivity (Wildman–Crippen MR) is 101 cm³/mol. The van der Waals surface area contributed by atoms with Gasteiger partial charge in [0.25, 0.3) is 0 Å². The fraction of sp³-hybridized carbons (Fsp3) is 0.444. The Bertz CT molecular complexity index is 730. The van der Waals surface area contributed by atoms with Gasteiger partial charge in [-0.05, 0) is 31.0 Å². The second-order valence-electron chi connectivity index (χ2n) is 5.65. The van der Waals surface area contributed by atoms with E-state index in [4.69, 9.17) is 9.47 Å². The second kappa shape index (κ2) is 8.71. The van der Waals surface area contributed by atoms with Crippen molar-refractivity contribution in [1.82, 2.24) is 15.6 Å². The van der Waals surface area contributed by atoms with Crippen LogP contribution in [0.1, 0.15) is 30.1 Å². The van der Waals surface area contributed by atoms with Gasteiger partial charge in [-0.1, -0.05) is 13.0 Å². The first kappa shape index (κ1) is 17.5. The van der Waals surface area contributed by atoms with E-state index in [-0.39, 0.29) is 0 Å². The molecule has 1 aliphatic rings. The average Bonchev–Trinajstić information content (AvgIpc) is 3.28. The number of fused-ring (bicyclic) bond motifs is 1. The first-order valence-electron chi connectivity index (χ1n) is 8.62. The Labute approximate surface area is 152 Å². The molecule has 0 radical (unpaired) electrons. The Morgan fingerprint density at radius 2 is 2.12 bits per heavy atom. The number of ether oxygens (including phenoxy) is 2. The van der Waals surface area contributed by atoms with Crippen LogP contribution in [0.4, 0.5) is 0 Å². The standard InChI is InChI=1S/C18H24N4O2S/c1-3-17-22-14(11-25-17)7-8-20-18(19-4-2)21-10-13-5-6-15-16(9-13)24-12-23-15/h5-6,9,11H,3-4,7-8,10,12H2,1-2H3,(H2,19,20,21). The molecule has 0 bridgehead atoms. The fourth-order valence-corrected chi connectivity index (χ4v) is 3.27. The summed E-state index contributed by atoms with van der Waals surface area (Å²) in [5.41, 5.74) is 2.23. The number of rotatable bonds is 7. The quantitative estimate of drug-likeness (QED) is 0.587. The van der Waals surface area contributed by atoms with Gasteiger partial charge in [-0.15, -0.1) is 11.3 Å². The first-order valence-corrected chi connectivity index (χ1v) is 9.50. The fourth-order valence-electron chi connectivity index (χ4n) is 2.49. The highest BCUT2D eigenvalue weighted by molar-refractivity contribution is 7.09. The number of hydrogen-bond donors (Lipinski definition) is 2. The summed E-state index contributed by atoms with van der Waals surface area (Å²) >= 11 is 1.73. The van der Waals surface area contributed by atoms with Crippen molar-refractivity contribution < 1.29 is 9.47 Å². The van der Waals surface area contributed by atoms with E-state index in [1.54, 1.807) is 11.3 Å². The topological polar surface area (TPSA) is 67.8 Å². The Kier molecular flexibility index (Phi) is 6.11.